The molecular formula is C28H26N2O7S. The fourth-order valence-corrected chi connectivity index (χ4v) is 5.73. The van der Waals surface area contributed by atoms with E-state index in [9.17, 15) is 18.0 Å². The van der Waals surface area contributed by atoms with Crippen LogP contribution in [-0.2, 0) is 23.1 Å². The second-order valence-corrected chi connectivity index (χ2v) is 10.8. The molecule has 9 nitrogen and oxygen atoms in total. The molecule has 196 valence electrons. The van der Waals surface area contributed by atoms with Gasteiger partial charge in [0.2, 0.25) is 10.0 Å². The number of H-pyrrole nitrogens is 1. The van der Waals surface area contributed by atoms with Crippen molar-refractivity contribution in [2.75, 3.05) is 20.3 Å². The number of nitrogens with one attached hydrogen (secondary N) is 1. The number of ether oxygens (including phenoxy) is 3. The zero-order chi connectivity index (χ0) is 26.9. The number of ketones is 1. The summed E-state index contributed by atoms with van der Waals surface area (Å²) in [4.78, 5) is 27.8. The van der Waals surface area contributed by atoms with Gasteiger partial charge < -0.3 is 19.2 Å². The van der Waals surface area contributed by atoms with Gasteiger partial charge in [0.05, 0.1) is 17.5 Å². The summed E-state index contributed by atoms with van der Waals surface area (Å²) in [5.74, 6) is 1.49. The van der Waals surface area contributed by atoms with Crippen LogP contribution in [0.3, 0.4) is 0 Å². The molecule has 0 saturated carbocycles. The predicted molar refractivity (Wildman–Crippen MR) is 141 cm³/mol. The van der Waals surface area contributed by atoms with E-state index in [1.165, 1.54) is 29.4 Å². The lowest BCUT2D eigenvalue weighted by Crippen LogP contribution is -2.32. The molecule has 1 aromatic heterocycles. The molecule has 0 unspecified atom stereocenters. The van der Waals surface area contributed by atoms with Crippen LogP contribution in [-0.4, -0.2) is 43.8 Å². The van der Waals surface area contributed by atoms with Crippen molar-refractivity contribution in [1.82, 2.24) is 9.29 Å². The number of benzene rings is 3. The average molecular weight is 535 g/mol. The van der Waals surface area contributed by atoms with Gasteiger partial charge in [0.15, 0.2) is 17.3 Å². The Kier molecular flexibility index (Phi) is 6.92. The maximum Gasteiger partial charge on any atom is 0.252 e. The molecule has 1 aliphatic heterocycles. The summed E-state index contributed by atoms with van der Waals surface area (Å²) in [6.07, 6.45) is 0. The summed E-state index contributed by atoms with van der Waals surface area (Å²) in [6, 6.07) is 18.0. The topological polar surface area (TPSA) is 115 Å². The van der Waals surface area contributed by atoms with Crippen LogP contribution in [0, 0.1) is 0 Å². The number of Topliss-reactive ketones (excluding diaryl/α,β-unsaturated/α-hetero) is 1. The van der Waals surface area contributed by atoms with Gasteiger partial charge in [-0.3, -0.25) is 9.59 Å². The summed E-state index contributed by atoms with van der Waals surface area (Å²) >= 11 is 0. The average Bonchev–Trinajstić information content (AvgIpc) is 2.92. The third-order valence-corrected chi connectivity index (χ3v) is 8.11. The van der Waals surface area contributed by atoms with Crippen LogP contribution in [0.1, 0.15) is 28.4 Å². The molecule has 1 aliphatic rings. The summed E-state index contributed by atoms with van der Waals surface area (Å²) < 4.78 is 45.4. The number of aromatic amines is 1. The summed E-state index contributed by atoms with van der Waals surface area (Å²) in [6.45, 7) is 2.02. The SMILES string of the molecule is COc1ccc(CN(Cc2cc3cc4c(cc3[nH]c2=O)OCCO4)S(=O)(=O)c2cccc(C(C)=O)c2)cc1. The van der Waals surface area contributed by atoms with E-state index in [0.29, 0.717) is 46.9 Å². The Morgan fingerprint density at radius 2 is 1.68 bits per heavy atom. The fourth-order valence-electron chi connectivity index (χ4n) is 4.28. The second-order valence-electron chi connectivity index (χ2n) is 8.91. The van der Waals surface area contributed by atoms with Gasteiger partial charge in [-0.25, -0.2) is 8.42 Å². The number of hydrogen-bond donors (Lipinski definition) is 1. The predicted octanol–water partition coefficient (Wildman–Crippen LogP) is 3.90. The smallest absolute Gasteiger partial charge is 0.252 e. The molecule has 3 aromatic carbocycles. The number of carbonyl (C=O) groups is 1. The molecule has 10 heteroatoms. The zero-order valence-corrected chi connectivity index (χ0v) is 21.7. The summed E-state index contributed by atoms with van der Waals surface area (Å²) in [5.41, 5.74) is 1.39. The van der Waals surface area contributed by atoms with Gasteiger partial charge in [-0.15, -0.1) is 0 Å². The van der Waals surface area contributed by atoms with Crippen molar-refractivity contribution < 1.29 is 27.4 Å². The minimum absolute atomic E-state index is 0.00472. The van der Waals surface area contributed by atoms with Crippen molar-refractivity contribution in [2.45, 2.75) is 24.9 Å². The highest BCUT2D eigenvalue weighted by atomic mass is 32.2. The normalized spacial score (nSPS) is 13.0. The Morgan fingerprint density at radius 1 is 0.974 bits per heavy atom. The Hall–Kier alpha value is -4.15. The lowest BCUT2D eigenvalue weighted by atomic mass is 10.1. The number of fused-ring (bicyclic) bond motifs is 2. The van der Waals surface area contributed by atoms with Gasteiger partial charge in [-0.2, -0.15) is 4.31 Å². The molecule has 0 amide bonds. The molecule has 0 fully saturated rings. The number of rotatable bonds is 8. The Labute approximate surface area is 219 Å². The number of sulfonamides is 1. The largest absolute Gasteiger partial charge is 0.497 e. The van der Waals surface area contributed by atoms with Crippen LogP contribution in [0.4, 0.5) is 0 Å². The maximum atomic E-state index is 13.8. The Bertz CT molecular complexity index is 1680. The van der Waals surface area contributed by atoms with Crippen molar-refractivity contribution in [3.05, 3.63) is 93.8 Å². The van der Waals surface area contributed by atoms with Crippen LogP contribution in [0.15, 0.2) is 76.4 Å². The molecule has 0 saturated heterocycles. The van der Waals surface area contributed by atoms with Crippen LogP contribution in [0.5, 0.6) is 17.2 Å². The highest BCUT2D eigenvalue weighted by Crippen LogP contribution is 2.34. The van der Waals surface area contributed by atoms with Gasteiger partial charge >= 0.3 is 0 Å². The lowest BCUT2D eigenvalue weighted by molar-refractivity contribution is 0.101. The number of nitrogens with zero attached hydrogens (tertiary/aromatic N) is 1. The first-order valence-electron chi connectivity index (χ1n) is 11.9. The fraction of sp³-hybridized carbons (Fsp3) is 0.214. The van der Waals surface area contributed by atoms with E-state index in [1.807, 2.05) is 0 Å². The first-order valence-corrected chi connectivity index (χ1v) is 13.4. The molecule has 0 spiro atoms. The first-order chi connectivity index (χ1) is 18.2. The standard InChI is InChI=1S/C28H26N2O7S/c1-18(31)20-4-3-5-24(13-20)38(33,34)30(16-19-6-8-23(35-2)9-7-19)17-22-12-21-14-26-27(37-11-10-36-26)15-25(21)29-28(22)32/h3-9,12-15H,10-11,16-17H2,1-2H3,(H,29,32). The van der Waals surface area contributed by atoms with Gasteiger partial charge in [0.1, 0.15) is 19.0 Å². The van der Waals surface area contributed by atoms with E-state index in [1.54, 1.807) is 55.6 Å². The lowest BCUT2D eigenvalue weighted by Gasteiger charge is -2.23. The van der Waals surface area contributed by atoms with Gasteiger partial charge in [-0.1, -0.05) is 24.3 Å². The molecule has 0 atom stereocenters. The molecule has 38 heavy (non-hydrogen) atoms. The molecule has 5 rings (SSSR count). The maximum absolute atomic E-state index is 13.8. The molecule has 0 radical (unpaired) electrons. The zero-order valence-electron chi connectivity index (χ0n) is 20.9. The molecular weight excluding hydrogens is 508 g/mol. The Balaban J connectivity index is 1.56. The van der Waals surface area contributed by atoms with Gasteiger partial charge in [0.25, 0.3) is 5.56 Å². The summed E-state index contributed by atoms with van der Waals surface area (Å²) in [5, 5.41) is 0.684. The van der Waals surface area contributed by atoms with Crippen molar-refractivity contribution >= 4 is 26.7 Å². The highest BCUT2D eigenvalue weighted by molar-refractivity contribution is 7.89. The van der Waals surface area contributed by atoms with Gasteiger partial charge in [-0.05, 0) is 48.9 Å². The van der Waals surface area contributed by atoms with Crippen molar-refractivity contribution in [2.24, 2.45) is 0 Å². The number of hydrogen-bond acceptors (Lipinski definition) is 7. The third kappa shape index (κ3) is 5.13. The van der Waals surface area contributed by atoms with Crippen molar-refractivity contribution in [1.29, 1.82) is 0 Å². The van der Waals surface area contributed by atoms with Crippen molar-refractivity contribution in [3.63, 3.8) is 0 Å². The van der Waals surface area contributed by atoms with Crippen LogP contribution in [0.2, 0.25) is 0 Å². The minimum atomic E-state index is -4.10. The highest BCUT2D eigenvalue weighted by Gasteiger charge is 2.27. The molecule has 0 bridgehead atoms. The van der Waals surface area contributed by atoms with Crippen LogP contribution < -0.4 is 19.8 Å². The van der Waals surface area contributed by atoms with E-state index < -0.39 is 15.6 Å². The van der Waals surface area contributed by atoms with E-state index in [4.69, 9.17) is 14.2 Å². The van der Waals surface area contributed by atoms with E-state index in [2.05, 4.69) is 4.98 Å². The van der Waals surface area contributed by atoms with E-state index in [-0.39, 0.29) is 34.9 Å². The van der Waals surface area contributed by atoms with Crippen molar-refractivity contribution in [3.8, 4) is 17.2 Å². The summed E-state index contributed by atoms with van der Waals surface area (Å²) in [7, 11) is -2.55. The quantitative estimate of drug-likeness (QED) is 0.341. The van der Waals surface area contributed by atoms with E-state index in [0.717, 1.165) is 0 Å². The van der Waals surface area contributed by atoms with Gasteiger partial charge in [0, 0.05) is 35.7 Å². The first kappa shape index (κ1) is 25.5. The number of carbonyl (C=O) groups excluding carboxylic acids is 1. The minimum Gasteiger partial charge on any atom is -0.497 e. The molecule has 0 aliphatic carbocycles. The number of methoxy groups -OCH3 is 1. The Morgan fingerprint density at radius 3 is 2.37 bits per heavy atom. The second kappa shape index (κ2) is 10.3. The molecule has 4 aromatic rings. The van der Waals surface area contributed by atoms with E-state index >= 15 is 0 Å². The number of aromatic nitrogens is 1. The molecule has 1 N–H and O–H groups in total. The van der Waals surface area contributed by atoms with Crippen LogP contribution >= 0.6 is 0 Å². The third-order valence-electron chi connectivity index (χ3n) is 6.33. The van der Waals surface area contributed by atoms with Crippen LogP contribution in [0.25, 0.3) is 10.9 Å². The molecule has 2 heterocycles. The number of pyridine rings is 1. The monoisotopic (exact) mass is 534 g/mol.